The van der Waals surface area contributed by atoms with Gasteiger partial charge in [0.1, 0.15) is 5.60 Å². The Morgan fingerprint density at radius 1 is 1.50 bits per heavy atom. The van der Waals surface area contributed by atoms with Crippen molar-refractivity contribution in [2.24, 2.45) is 0 Å². The van der Waals surface area contributed by atoms with Gasteiger partial charge in [-0.3, -0.25) is 10.1 Å². The van der Waals surface area contributed by atoms with Gasteiger partial charge in [0.2, 0.25) is 0 Å². The third kappa shape index (κ3) is 5.63. The zero-order valence-corrected chi connectivity index (χ0v) is 12.6. The molecule has 0 spiro atoms. The van der Waals surface area contributed by atoms with Gasteiger partial charge in [0.25, 0.3) is 5.69 Å². The highest BCUT2D eigenvalue weighted by molar-refractivity contribution is 5.68. The van der Waals surface area contributed by atoms with Crippen LogP contribution in [-0.4, -0.2) is 16.6 Å². The Kier molecular flexibility index (Phi) is 5.64. The fourth-order valence-corrected chi connectivity index (χ4v) is 1.63. The molecule has 1 N–H and O–H groups in total. The van der Waals surface area contributed by atoms with E-state index < -0.39 is 16.6 Å². The van der Waals surface area contributed by atoms with Crippen LogP contribution in [0.1, 0.15) is 31.9 Å². The lowest BCUT2D eigenvalue weighted by molar-refractivity contribution is -0.384. The number of non-ortho nitro benzene ring substituents is 1. The Labute approximate surface area is 128 Å². The van der Waals surface area contributed by atoms with Crippen molar-refractivity contribution < 1.29 is 14.5 Å². The van der Waals surface area contributed by atoms with Gasteiger partial charge in [-0.25, -0.2) is 4.79 Å². The van der Waals surface area contributed by atoms with Gasteiger partial charge >= 0.3 is 6.09 Å². The standard InChI is InChI=1S/C15H17N3O4/c1-15(2,3)22-14(19)17-10-12-9-13(18(20)21)7-6-11(12)5-4-8-16/h4-7,9H,10H2,1-3H3,(H,17,19)/b5-4+. The Hall–Kier alpha value is -2.88. The maximum atomic E-state index is 11.6. The molecule has 1 amide bonds. The number of benzene rings is 1. The molecule has 0 aliphatic rings. The lowest BCUT2D eigenvalue weighted by atomic mass is 10.1. The summed E-state index contributed by atoms with van der Waals surface area (Å²) in [4.78, 5) is 21.9. The fourth-order valence-electron chi connectivity index (χ4n) is 1.63. The predicted molar refractivity (Wildman–Crippen MR) is 80.8 cm³/mol. The number of allylic oxidation sites excluding steroid dienone is 1. The monoisotopic (exact) mass is 303 g/mol. The second-order valence-corrected chi connectivity index (χ2v) is 5.46. The van der Waals surface area contributed by atoms with E-state index in [1.54, 1.807) is 20.8 Å². The number of nitrogens with one attached hydrogen (secondary N) is 1. The largest absolute Gasteiger partial charge is 0.444 e. The smallest absolute Gasteiger partial charge is 0.407 e. The summed E-state index contributed by atoms with van der Waals surface area (Å²) in [5, 5.41) is 21.9. The van der Waals surface area contributed by atoms with Crippen molar-refractivity contribution in [3.05, 3.63) is 45.5 Å². The molecule has 0 fully saturated rings. The molecule has 116 valence electrons. The Morgan fingerprint density at radius 2 is 2.18 bits per heavy atom. The number of ether oxygens (including phenoxy) is 1. The van der Waals surface area contributed by atoms with Gasteiger partial charge in [-0.15, -0.1) is 0 Å². The molecule has 0 heterocycles. The van der Waals surface area contributed by atoms with E-state index in [1.807, 2.05) is 6.07 Å². The minimum Gasteiger partial charge on any atom is -0.444 e. The zero-order valence-electron chi connectivity index (χ0n) is 12.6. The van der Waals surface area contributed by atoms with E-state index in [2.05, 4.69) is 5.32 Å². The van der Waals surface area contributed by atoms with Crippen LogP contribution in [0, 0.1) is 21.4 Å². The van der Waals surface area contributed by atoms with Crippen LogP contribution in [0.25, 0.3) is 6.08 Å². The number of hydrogen-bond donors (Lipinski definition) is 1. The molecule has 1 aromatic carbocycles. The van der Waals surface area contributed by atoms with Crippen LogP contribution in [-0.2, 0) is 11.3 Å². The minimum atomic E-state index is -0.629. The van der Waals surface area contributed by atoms with Gasteiger partial charge in [-0.05, 0) is 44.0 Å². The number of amides is 1. The van der Waals surface area contributed by atoms with E-state index in [4.69, 9.17) is 10.00 Å². The highest BCUT2D eigenvalue weighted by Crippen LogP contribution is 2.19. The summed E-state index contributed by atoms with van der Waals surface area (Å²) in [6.45, 7) is 5.27. The van der Waals surface area contributed by atoms with Gasteiger partial charge < -0.3 is 10.1 Å². The van der Waals surface area contributed by atoms with Gasteiger partial charge in [0.15, 0.2) is 0 Å². The number of carbonyl (C=O) groups is 1. The molecule has 7 nitrogen and oxygen atoms in total. The molecule has 0 aliphatic heterocycles. The first-order chi connectivity index (χ1) is 10.2. The second kappa shape index (κ2) is 7.22. The van der Waals surface area contributed by atoms with Crippen molar-refractivity contribution in [1.82, 2.24) is 5.32 Å². The van der Waals surface area contributed by atoms with Crippen LogP contribution in [0.5, 0.6) is 0 Å². The summed E-state index contributed by atoms with van der Waals surface area (Å²) in [5.41, 5.74) is 0.418. The average molecular weight is 303 g/mol. The minimum absolute atomic E-state index is 0.0572. The Balaban J connectivity index is 2.93. The Morgan fingerprint density at radius 3 is 2.73 bits per heavy atom. The van der Waals surface area contributed by atoms with Crippen LogP contribution in [0.4, 0.5) is 10.5 Å². The third-order valence-corrected chi connectivity index (χ3v) is 2.50. The first-order valence-corrected chi connectivity index (χ1v) is 6.53. The van der Waals surface area contributed by atoms with E-state index in [-0.39, 0.29) is 12.2 Å². The highest BCUT2D eigenvalue weighted by Gasteiger charge is 2.16. The summed E-state index contributed by atoms with van der Waals surface area (Å²) in [6.07, 6.45) is 2.17. The molecule has 1 aromatic rings. The number of carbonyl (C=O) groups excluding carboxylic acids is 1. The van der Waals surface area contributed by atoms with Crippen LogP contribution < -0.4 is 5.32 Å². The molecule has 0 atom stereocenters. The van der Waals surface area contributed by atoms with Gasteiger partial charge in [0.05, 0.1) is 11.0 Å². The molecule has 7 heteroatoms. The fraction of sp³-hybridized carbons (Fsp3) is 0.333. The number of nitro groups is 1. The maximum Gasteiger partial charge on any atom is 0.407 e. The number of alkyl carbamates (subject to hydrolysis) is 1. The first-order valence-electron chi connectivity index (χ1n) is 6.53. The summed E-state index contributed by atoms with van der Waals surface area (Å²) in [5.74, 6) is 0. The summed E-state index contributed by atoms with van der Waals surface area (Å²) >= 11 is 0. The zero-order chi connectivity index (χ0) is 16.8. The van der Waals surface area contributed by atoms with E-state index in [0.29, 0.717) is 11.1 Å². The summed E-state index contributed by atoms with van der Waals surface area (Å²) in [6, 6.07) is 6.07. The first kappa shape index (κ1) is 17.2. The van der Waals surface area contributed by atoms with Gasteiger partial charge in [-0.1, -0.05) is 0 Å². The topological polar surface area (TPSA) is 105 Å². The van der Waals surface area contributed by atoms with E-state index in [0.717, 1.165) is 0 Å². The second-order valence-electron chi connectivity index (χ2n) is 5.46. The van der Waals surface area contributed by atoms with Crippen molar-refractivity contribution in [3.63, 3.8) is 0 Å². The lowest BCUT2D eigenvalue weighted by Gasteiger charge is -2.19. The SMILES string of the molecule is CC(C)(C)OC(=O)NCc1cc([N+](=O)[O-])ccc1/C=C/C#N. The normalized spacial score (nSPS) is 11.0. The van der Waals surface area contributed by atoms with Crippen LogP contribution in [0.3, 0.4) is 0 Å². The van der Waals surface area contributed by atoms with E-state index >= 15 is 0 Å². The third-order valence-electron chi connectivity index (χ3n) is 2.50. The number of nitrogens with zero attached hydrogens (tertiary/aromatic N) is 2. The van der Waals surface area contributed by atoms with Crippen molar-refractivity contribution in [3.8, 4) is 6.07 Å². The predicted octanol–water partition coefficient (Wildman–Crippen LogP) is 3.16. The number of rotatable bonds is 4. The summed E-state index contributed by atoms with van der Waals surface area (Å²) in [7, 11) is 0. The van der Waals surface area contributed by atoms with Crippen LogP contribution >= 0.6 is 0 Å². The molecule has 0 radical (unpaired) electrons. The molecule has 22 heavy (non-hydrogen) atoms. The molecule has 0 unspecified atom stereocenters. The number of nitriles is 1. The molecule has 0 aliphatic carbocycles. The van der Waals surface area contributed by atoms with Gasteiger partial charge in [0, 0.05) is 24.8 Å². The quantitative estimate of drug-likeness (QED) is 0.522. The average Bonchev–Trinajstić information content (AvgIpc) is 2.41. The Bertz CT molecular complexity index is 639. The van der Waals surface area contributed by atoms with Crippen molar-refractivity contribution in [2.75, 3.05) is 0 Å². The van der Waals surface area contributed by atoms with Crippen molar-refractivity contribution in [2.45, 2.75) is 32.9 Å². The maximum absolute atomic E-state index is 11.6. The molecule has 0 aromatic heterocycles. The van der Waals surface area contributed by atoms with Crippen LogP contribution in [0.15, 0.2) is 24.3 Å². The van der Waals surface area contributed by atoms with E-state index in [1.165, 1.54) is 30.4 Å². The molecule has 0 saturated heterocycles. The summed E-state index contributed by atoms with van der Waals surface area (Å²) < 4.78 is 5.10. The van der Waals surface area contributed by atoms with E-state index in [9.17, 15) is 14.9 Å². The molecule has 1 rings (SSSR count). The molecular formula is C15H17N3O4. The highest BCUT2D eigenvalue weighted by atomic mass is 16.6. The van der Waals surface area contributed by atoms with Crippen molar-refractivity contribution >= 4 is 17.9 Å². The van der Waals surface area contributed by atoms with Crippen LogP contribution in [0.2, 0.25) is 0 Å². The number of nitro benzene ring substituents is 1. The van der Waals surface area contributed by atoms with Crippen molar-refractivity contribution in [1.29, 1.82) is 5.26 Å². The molecule has 0 saturated carbocycles. The number of hydrogen-bond acceptors (Lipinski definition) is 5. The van der Waals surface area contributed by atoms with Gasteiger partial charge in [-0.2, -0.15) is 5.26 Å². The molecule has 0 bridgehead atoms. The lowest BCUT2D eigenvalue weighted by Crippen LogP contribution is -2.32. The molecular weight excluding hydrogens is 286 g/mol.